The number of nitro groups is 1. The average molecular weight is 413 g/mol. The van der Waals surface area contributed by atoms with Gasteiger partial charge in [0.1, 0.15) is 5.76 Å². The minimum Gasteiger partial charge on any atom is -0.478 e. The third-order valence-corrected chi connectivity index (χ3v) is 4.51. The molecule has 1 aromatic carbocycles. The van der Waals surface area contributed by atoms with E-state index in [9.17, 15) is 19.7 Å². The Morgan fingerprint density at radius 3 is 2.53 bits per heavy atom. The van der Waals surface area contributed by atoms with Crippen molar-refractivity contribution >= 4 is 17.4 Å². The molecule has 0 bridgehead atoms. The second-order valence-electron chi connectivity index (χ2n) is 6.56. The Hall–Kier alpha value is -3.95. The summed E-state index contributed by atoms with van der Waals surface area (Å²) in [5, 5.41) is 15.3. The summed E-state index contributed by atoms with van der Waals surface area (Å²) in [7, 11) is 1.17. The van der Waals surface area contributed by atoms with Crippen LogP contribution >= 0.6 is 0 Å². The Bertz CT molecular complexity index is 1140. The van der Waals surface area contributed by atoms with E-state index in [0.29, 0.717) is 22.8 Å². The molecule has 3 aromatic rings. The molecule has 0 atom stereocenters. The fourth-order valence-corrected chi connectivity index (χ4v) is 3.10. The average Bonchev–Trinajstić information content (AvgIpc) is 3.27. The van der Waals surface area contributed by atoms with Crippen molar-refractivity contribution < 1.29 is 28.5 Å². The van der Waals surface area contributed by atoms with Gasteiger partial charge in [-0.15, -0.1) is 0 Å². The zero-order valence-electron chi connectivity index (χ0n) is 16.8. The van der Waals surface area contributed by atoms with Gasteiger partial charge in [0.25, 0.3) is 0 Å². The lowest BCUT2D eigenvalue weighted by Crippen LogP contribution is -2.14. The van der Waals surface area contributed by atoms with E-state index in [1.807, 2.05) is 6.92 Å². The molecular weight excluding hydrogens is 394 g/mol. The van der Waals surface area contributed by atoms with Crippen LogP contribution in [-0.2, 0) is 4.74 Å². The molecule has 0 fully saturated rings. The lowest BCUT2D eigenvalue weighted by molar-refractivity contribution is -0.385. The third kappa shape index (κ3) is 3.93. The Labute approximate surface area is 171 Å². The minimum absolute atomic E-state index is 0.00864. The molecule has 0 spiro atoms. The van der Waals surface area contributed by atoms with Crippen LogP contribution in [0.15, 0.2) is 34.9 Å². The van der Waals surface area contributed by atoms with Gasteiger partial charge in [0, 0.05) is 29.1 Å². The molecule has 0 N–H and O–H groups in total. The maximum absolute atomic E-state index is 12.7. The zero-order valence-corrected chi connectivity index (χ0v) is 16.8. The van der Waals surface area contributed by atoms with Crippen LogP contribution < -0.4 is 4.74 Å². The van der Waals surface area contributed by atoms with Crippen LogP contribution in [0.4, 0.5) is 5.69 Å². The molecule has 0 unspecified atom stereocenters. The van der Waals surface area contributed by atoms with Crippen molar-refractivity contribution in [3.8, 4) is 11.6 Å². The first-order valence-corrected chi connectivity index (χ1v) is 8.88. The number of rotatable bonds is 7. The summed E-state index contributed by atoms with van der Waals surface area (Å²) in [4.78, 5) is 34.9. The summed E-state index contributed by atoms with van der Waals surface area (Å²) in [6, 6.07) is 7.08. The van der Waals surface area contributed by atoms with E-state index in [2.05, 4.69) is 9.89 Å². The number of aromatic nitrogens is 2. The van der Waals surface area contributed by atoms with E-state index < -0.39 is 23.2 Å². The monoisotopic (exact) mass is 413 g/mol. The normalized spacial score (nSPS) is 10.7. The molecule has 0 aliphatic rings. The summed E-state index contributed by atoms with van der Waals surface area (Å²) in [6.45, 7) is 4.94. The summed E-state index contributed by atoms with van der Waals surface area (Å²) >= 11 is 0. The first-order valence-electron chi connectivity index (χ1n) is 8.88. The number of ketones is 1. The Morgan fingerprint density at radius 2 is 1.93 bits per heavy atom. The Balaban J connectivity index is 1.83. The summed E-state index contributed by atoms with van der Waals surface area (Å²) in [6.07, 6.45) is 0. The van der Waals surface area contributed by atoms with Gasteiger partial charge in [-0.3, -0.25) is 19.5 Å². The van der Waals surface area contributed by atoms with Crippen LogP contribution in [0.25, 0.3) is 5.82 Å². The number of nitro benzene ring substituents is 1. The van der Waals surface area contributed by atoms with Gasteiger partial charge in [0.05, 0.1) is 17.6 Å². The van der Waals surface area contributed by atoms with Crippen molar-refractivity contribution in [3.63, 3.8) is 0 Å². The van der Waals surface area contributed by atoms with Gasteiger partial charge < -0.3 is 14.0 Å². The molecule has 2 heterocycles. The smallest absolute Gasteiger partial charge is 0.338 e. The Kier molecular flexibility index (Phi) is 5.67. The summed E-state index contributed by atoms with van der Waals surface area (Å²) in [5.74, 6) is -0.00738. The fraction of sp³-hybridized carbons (Fsp3) is 0.250. The van der Waals surface area contributed by atoms with Crippen molar-refractivity contribution in [2.45, 2.75) is 20.8 Å². The van der Waals surface area contributed by atoms with Crippen molar-refractivity contribution in [2.24, 2.45) is 0 Å². The predicted molar refractivity (Wildman–Crippen MR) is 104 cm³/mol. The molecule has 0 amide bonds. The molecule has 10 nitrogen and oxygen atoms in total. The first-order chi connectivity index (χ1) is 14.2. The number of Topliss-reactive ketones (excluding diaryl/α,β-unsaturated/α-hetero) is 1. The van der Waals surface area contributed by atoms with Crippen LogP contribution in [0.2, 0.25) is 0 Å². The molecule has 156 valence electrons. The quantitative estimate of drug-likeness (QED) is 0.250. The maximum Gasteiger partial charge on any atom is 0.338 e. The molecular formula is C20H19N3O7. The molecule has 0 saturated carbocycles. The van der Waals surface area contributed by atoms with E-state index in [0.717, 1.165) is 11.8 Å². The topological polar surface area (TPSA) is 127 Å². The molecule has 0 saturated heterocycles. The fourth-order valence-electron chi connectivity index (χ4n) is 3.10. The number of nitrogens with zero attached hydrogens (tertiary/aromatic N) is 3. The van der Waals surface area contributed by atoms with Gasteiger partial charge in [0.15, 0.2) is 18.2 Å². The number of hydrogen-bond donors (Lipinski definition) is 0. The second kappa shape index (κ2) is 8.19. The minimum atomic E-state index is -0.712. The standard InChI is InChI=1S/C20H19N3O7/c1-11-7-15(13(3)22(11)19-8-12(2)30-21-19)17(24)10-29-18-6-5-14(20(25)28-4)9-16(18)23(26)27/h5-9H,10H2,1-4H3. The molecule has 2 aromatic heterocycles. The van der Waals surface area contributed by atoms with Gasteiger partial charge >= 0.3 is 11.7 Å². The number of aryl methyl sites for hydroxylation is 2. The van der Waals surface area contributed by atoms with Gasteiger partial charge in [-0.1, -0.05) is 5.16 Å². The zero-order chi connectivity index (χ0) is 22.0. The van der Waals surface area contributed by atoms with Gasteiger partial charge in [-0.2, -0.15) is 0 Å². The molecule has 3 rings (SSSR count). The van der Waals surface area contributed by atoms with Crippen LogP contribution in [0.3, 0.4) is 0 Å². The summed E-state index contributed by atoms with van der Waals surface area (Å²) < 4.78 is 16.8. The highest BCUT2D eigenvalue weighted by Crippen LogP contribution is 2.29. The van der Waals surface area contributed by atoms with Crippen molar-refractivity contribution in [1.82, 2.24) is 9.72 Å². The number of hydrogen-bond acceptors (Lipinski definition) is 8. The third-order valence-electron chi connectivity index (χ3n) is 4.51. The second-order valence-corrected chi connectivity index (χ2v) is 6.56. The lowest BCUT2D eigenvalue weighted by Gasteiger charge is -2.08. The lowest BCUT2D eigenvalue weighted by atomic mass is 10.1. The largest absolute Gasteiger partial charge is 0.478 e. The molecule has 30 heavy (non-hydrogen) atoms. The number of esters is 1. The highest BCUT2D eigenvalue weighted by molar-refractivity contribution is 5.99. The molecule has 0 aliphatic heterocycles. The van der Waals surface area contributed by atoms with E-state index in [-0.39, 0.29) is 17.1 Å². The highest BCUT2D eigenvalue weighted by atomic mass is 16.6. The van der Waals surface area contributed by atoms with Crippen LogP contribution in [0.5, 0.6) is 5.75 Å². The van der Waals surface area contributed by atoms with E-state index in [1.165, 1.54) is 19.2 Å². The summed E-state index contributed by atoms with van der Waals surface area (Å²) in [5.41, 5.74) is 1.40. The van der Waals surface area contributed by atoms with Crippen LogP contribution in [-0.4, -0.2) is 40.1 Å². The van der Waals surface area contributed by atoms with E-state index >= 15 is 0 Å². The van der Waals surface area contributed by atoms with Crippen molar-refractivity contribution in [2.75, 3.05) is 13.7 Å². The first kappa shape index (κ1) is 20.8. The molecule has 0 radical (unpaired) electrons. The van der Waals surface area contributed by atoms with Gasteiger partial charge in [-0.25, -0.2) is 4.79 Å². The number of carbonyl (C=O) groups is 2. The molecule has 0 aliphatic carbocycles. The van der Waals surface area contributed by atoms with Crippen molar-refractivity contribution in [1.29, 1.82) is 0 Å². The van der Waals surface area contributed by atoms with Crippen LogP contribution in [0, 0.1) is 30.9 Å². The Morgan fingerprint density at radius 1 is 1.20 bits per heavy atom. The maximum atomic E-state index is 12.7. The van der Waals surface area contributed by atoms with Gasteiger partial charge in [0.2, 0.25) is 5.78 Å². The predicted octanol–water partition coefficient (Wildman–Crippen LogP) is 3.35. The number of methoxy groups -OCH3 is 1. The van der Waals surface area contributed by atoms with E-state index in [1.54, 1.807) is 30.5 Å². The number of ether oxygens (including phenoxy) is 2. The van der Waals surface area contributed by atoms with E-state index in [4.69, 9.17) is 9.26 Å². The number of benzene rings is 1. The van der Waals surface area contributed by atoms with Crippen molar-refractivity contribution in [3.05, 3.63) is 68.7 Å². The van der Waals surface area contributed by atoms with Crippen LogP contribution in [0.1, 0.15) is 37.9 Å². The van der Waals surface area contributed by atoms with Gasteiger partial charge in [-0.05, 0) is 39.0 Å². The molecule has 10 heteroatoms. The highest BCUT2D eigenvalue weighted by Gasteiger charge is 2.22. The number of carbonyl (C=O) groups excluding carboxylic acids is 2. The SMILES string of the molecule is COC(=O)c1ccc(OCC(=O)c2cc(C)n(-c3cc(C)on3)c2C)c([N+](=O)[O-])c1.